The lowest BCUT2D eigenvalue weighted by atomic mass is 9.86. The van der Waals surface area contributed by atoms with Gasteiger partial charge >= 0.3 is 0 Å². The van der Waals surface area contributed by atoms with Crippen LogP contribution in [0.15, 0.2) is 249 Å². The van der Waals surface area contributed by atoms with Crippen LogP contribution in [-0.2, 0) is 4.57 Å². The van der Waals surface area contributed by atoms with Gasteiger partial charge in [0.1, 0.15) is 0 Å². The van der Waals surface area contributed by atoms with Crippen molar-refractivity contribution in [3.05, 3.63) is 249 Å². The molecule has 0 saturated heterocycles. The van der Waals surface area contributed by atoms with Gasteiger partial charge in [0.15, 0.2) is 7.14 Å². The lowest BCUT2D eigenvalue weighted by Gasteiger charge is -2.27. The number of hydrogen-bond donors (Lipinski definition) is 0. The third-order valence-corrected chi connectivity index (χ3v) is 17.4. The quantitative estimate of drug-likeness (QED) is 0.0928. The first-order valence-electron chi connectivity index (χ1n) is 23.3. The fourth-order valence-corrected chi connectivity index (χ4v) is 14.6. The minimum atomic E-state index is -3.87. The number of hydrogen-bond acceptors (Lipinski definition) is 1. The van der Waals surface area contributed by atoms with Crippen LogP contribution in [0.4, 0.5) is 0 Å². The lowest BCUT2D eigenvalue weighted by molar-refractivity contribution is 0.593. The second-order valence-corrected chi connectivity index (χ2v) is 20.6. The van der Waals surface area contributed by atoms with Gasteiger partial charge in [0, 0.05) is 54.2 Å². The van der Waals surface area contributed by atoms with Gasteiger partial charge in [-0.2, -0.15) is 0 Å². The largest absolute Gasteiger partial charge is 0.309 e. The molecule has 14 aromatic rings. The summed E-state index contributed by atoms with van der Waals surface area (Å²) < 4.78 is 23.0. The van der Waals surface area contributed by atoms with Crippen LogP contribution in [0.2, 0.25) is 0 Å². The minimum absolute atomic E-state index is 0.795. The van der Waals surface area contributed by atoms with Gasteiger partial charge in [-0.1, -0.05) is 176 Å². The highest BCUT2D eigenvalue weighted by Crippen LogP contribution is 2.53. The normalized spacial score (nSPS) is 12.2. The molecule has 0 radical (unpaired) electrons. The van der Waals surface area contributed by atoms with Crippen LogP contribution >= 0.6 is 7.14 Å². The van der Waals surface area contributed by atoms with Crippen molar-refractivity contribution in [2.45, 2.75) is 0 Å². The van der Waals surface area contributed by atoms with Crippen molar-refractivity contribution >= 4 is 110 Å². The fraction of sp³-hybridized carbons (Fsp3) is 0. The first-order valence-corrected chi connectivity index (χ1v) is 25.0. The molecular formula is C64H41N2OP. The van der Waals surface area contributed by atoms with E-state index in [-0.39, 0.29) is 0 Å². The summed E-state index contributed by atoms with van der Waals surface area (Å²) >= 11 is 0. The summed E-state index contributed by atoms with van der Waals surface area (Å²) in [6.07, 6.45) is 0. The Kier molecular flexibility index (Phi) is 8.56. The molecule has 14 rings (SSSR count). The third kappa shape index (κ3) is 5.51. The SMILES string of the molecule is O=P(c1ccc2c(c1)c1ccccc1n2-c1ccccc1)(c1ccc2c(c1)c1ccccc1n2-c1ccccc1)c1c2ccccc2c(-c2ccccc2)c2c3ccccc3c3ccccc3c12. The van der Waals surface area contributed by atoms with E-state index in [4.69, 9.17) is 0 Å². The van der Waals surface area contributed by atoms with Crippen LogP contribution < -0.4 is 15.9 Å². The Morgan fingerprint density at radius 2 is 0.647 bits per heavy atom. The topological polar surface area (TPSA) is 26.9 Å². The summed E-state index contributed by atoms with van der Waals surface area (Å²) in [4.78, 5) is 0. The molecule has 0 amide bonds. The van der Waals surface area contributed by atoms with E-state index in [0.717, 1.165) is 120 Å². The molecule has 68 heavy (non-hydrogen) atoms. The molecule has 3 nitrogen and oxygen atoms in total. The van der Waals surface area contributed by atoms with Gasteiger partial charge in [-0.05, 0) is 122 Å². The molecule has 0 aliphatic rings. The molecule has 0 spiro atoms. The Bertz CT molecular complexity index is 4240. The van der Waals surface area contributed by atoms with Gasteiger partial charge in [-0.15, -0.1) is 0 Å². The third-order valence-electron chi connectivity index (χ3n) is 14.3. The van der Waals surface area contributed by atoms with E-state index in [9.17, 15) is 0 Å². The van der Waals surface area contributed by atoms with Crippen LogP contribution in [0.25, 0.3) is 109 Å². The Morgan fingerprint density at radius 1 is 0.279 bits per heavy atom. The Labute approximate surface area is 392 Å². The molecule has 0 aliphatic carbocycles. The van der Waals surface area contributed by atoms with E-state index in [1.54, 1.807) is 0 Å². The Hall–Kier alpha value is -8.49. The maximum atomic E-state index is 18.4. The number of fused-ring (bicyclic) bond motifs is 13. The summed E-state index contributed by atoms with van der Waals surface area (Å²) in [5.41, 5.74) is 8.80. The van der Waals surface area contributed by atoms with Crippen LogP contribution in [0.1, 0.15) is 0 Å². The highest BCUT2D eigenvalue weighted by Gasteiger charge is 2.37. The van der Waals surface area contributed by atoms with E-state index in [2.05, 4.69) is 258 Å². The van der Waals surface area contributed by atoms with Crippen molar-refractivity contribution in [2.24, 2.45) is 0 Å². The second-order valence-electron chi connectivity index (χ2n) is 17.9. The summed E-state index contributed by atoms with van der Waals surface area (Å²) in [5.74, 6) is 0. The van der Waals surface area contributed by atoms with Crippen molar-refractivity contribution in [1.82, 2.24) is 9.13 Å². The van der Waals surface area contributed by atoms with Crippen LogP contribution in [-0.4, -0.2) is 9.13 Å². The van der Waals surface area contributed by atoms with Crippen LogP contribution in [0.5, 0.6) is 0 Å². The molecule has 0 fully saturated rings. The van der Waals surface area contributed by atoms with Gasteiger partial charge in [0.05, 0.1) is 22.1 Å². The van der Waals surface area contributed by atoms with Crippen molar-refractivity contribution < 1.29 is 4.57 Å². The van der Waals surface area contributed by atoms with E-state index >= 15 is 4.57 Å². The summed E-state index contributed by atoms with van der Waals surface area (Å²) in [7, 11) is -3.87. The zero-order valence-corrected chi connectivity index (χ0v) is 37.8. The van der Waals surface area contributed by atoms with Gasteiger partial charge in [-0.25, -0.2) is 0 Å². The number of benzene rings is 12. The molecule has 12 aromatic carbocycles. The molecule has 2 heterocycles. The van der Waals surface area contributed by atoms with Crippen LogP contribution in [0.3, 0.4) is 0 Å². The standard InChI is InChI=1S/C64H41N2OP/c67-68(45-36-38-59-55(40-45)49-28-16-18-34-57(49)65(59)43-22-6-2-7-23-43,46-37-39-60-56(41-46)50-29-17-19-35-58(50)66(60)44-24-8-3-9-25-44)64-54-33-15-14-32-53(54)61(42-20-4-1-5-21-42)62-51-30-12-10-26-47(51)48-27-11-13-31-52(48)63(62)64/h1-41H. The van der Waals surface area contributed by atoms with E-state index in [1.165, 1.54) is 5.39 Å². The highest BCUT2D eigenvalue weighted by molar-refractivity contribution is 7.86. The minimum Gasteiger partial charge on any atom is -0.309 e. The van der Waals surface area contributed by atoms with Crippen molar-refractivity contribution in [3.8, 4) is 22.5 Å². The monoisotopic (exact) mass is 884 g/mol. The number of para-hydroxylation sites is 4. The number of aromatic nitrogens is 2. The lowest BCUT2D eigenvalue weighted by Crippen LogP contribution is -2.27. The maximum absolute atomic E-state index is 18.4. The summed E-state index contributed by atoms with van der Waals surface area (Å²) in [6, 6.07) is 88.6. The molecule has 2 aromatic heterocycles. The zero-order chi connectivity index (χ0) is 44.9. The second kappa shape index (κ2) is 15.0. The summed E-state index contributed by atoms with van der Waals surface area (Å²) in [6.45, 7) is 0. The van der Waals surface area contributed by atoms with Gasteiger partial charge in [0.2, 0.25) is 0 Å². The predicted molar refractivity (Wildman–Crippen MR) is 290 cm³/mol. The molecule has 4 heteroatoms. The fourth-order valence-electron chi connectivity index (χ4n) is 11.5. The number of nitrogens with zero attached hydrogens (tertiary/aromatic N) is 2. The molecule has 0 bridgehead atoms. The van der Waals surface area contributed by atoms with Crippen LogP contribution in [0, 0.1) is 0 Å². The van der Waals surface area contributed by atoms with E-state index in [1.807, 2.05) is 0 Å². The van der Waals surface area contributed by atoms with Gasteiger partial charge in [0.25, 0.3) is 0 Å². The smallest absolute Gasteiger partial charge is 0.172 e. The molecule has 0 atom stereocenters. The van der Waals surface area contributed by atoms with Gasteiger partial charge < -0.3 is 13.7 Å². The zero-order valence-electron chi connectivity index (χ0n) is 36.9. The van der Waals surface area contributed by atoms with E-state index in [0.29, 0.717) is 0 Å². The Morgan fingerprint density at radius 3 is 1.15 bits per heavy atom. The number of rotatable bonds is 6. The molecule has 0 aliphatic heterocycles. The van der Waals surface area contributed by atoms with Crippen molar-refractivity contribution in [3.63, 3.8) is 0 Å². The maximum Gasteiger partial charge on any atom is 0.172 e. The molecule has 0 N–H and O–H groups in total. The first kappa shape index (κ1) is 38.7. The molecule has 0 unspecified atom stereocenters. The van der Waals surface area contributed by atoms with E-state index < -0.39 is 7.14 Å². The predicted octanol–water partition coefficient (Wildman–Crippen LogP) is 15.8. The highest BCUT2D eigenvalue weighted by atomic mass is 31.2. The average molecular weight is 885 g/mol. The van der Waals surface area contributed by atoms with Crippen molar-refractivity contribution in [1.29, 1.82) is 0 Å². The van der Waals surface area contributed by atoms with Gasteiger partial charge in [-0.3, -0.25) is 0 Å². The average Bonchev–Trinajstić information content (AvgIpc) is 3.93. The molecule has 318 valence electrons. The molecular weight excluding hydrogens is 844 g/mol. The molecule has 0 saturated carbocycles. The van der Waals surface area contributed by atoms with Crippen molar-refractivity contribution in [2.75, 3.05) is 0 Å². The first-order chi connectivity index (χ1) is 33.7. The Balaban J connectivity index is 1.20. The summed E-state index contributed by atoms with van der Waals surface area (Å²) in [5, 5.41) is 15.6.